The largest absolute Gasteiger partial charge is 0.489 e. The molecule has 0 bridgehead atoms. The fourth-order valence-electron chi connectivity index (χ4n) is 4.09. The molecular formula is C25H32N2O4. The molecule has 0 spiro atoms. The summed E-state index contributed by atoms with van der Waals surface area (Å²) in [4.78, 5) is 33.0. The number of Topliss-reactive ketones (excluding diaryl/α,β-unsaturated/α-hetero) is 2. The summed E-state index contributed by atoms with van der Waals surface area (Å²) in [6.07, 6.45) is 9.37. The number of carbonyl (C=O) groups is 2. The van der Waals surface area contributed by atoms with Gasteiger partial charge < -0.3 is 14.5 Å². The minimum Gasteiger partial charge on any atom is -0.489 e. The minimum atomic E-state index is -0.251. The number of hydrogen-bond acceptors (Lipinski definition) is 5. The number of nitrogens with zero attached hydrogens (tertiary/aromatic N) is 1. The maximum absolute atomic E-state index is 12.6. The first kappa shape index (κ1) is 22.8. The highest BCUT2D eigenvalue weighted by Crippen LogP contribution is 2.28. The second kappa shape index (κ2) is 10.9. The van der Waals surface area contributed by atoms with Crippen molar-refractivity contribution in [2.45, 2.75) is 64.7 Å². The Labute approximate surface area is 183 Å². The molecule has 166 valence electrons. The van der Waals surface area contributed by atoms with Crippen molar-refractivity contribution in [3.8, 4) is 0 Å². The second-order valence-corrected chi connectivity index (χ2v) is 8.00. The van der Waals surface area contributed by atoms with Gasteiger partial charge in [0.2, 0.25) is 23.1 Å². The quantitative estimate of drug-likeness (QED) is 0.374. The Bertz CT molecular complexity index is 967. The van der Waals surface area contributed by atoms with E-state index in [1.807, 2.05) is 18.2 Å². The van der Waals surface area contributed by atoms with E-state index in [9.17, 15) is 9.59 Å². The van der Waals surface area contributed by atoms with Crippen LogP contribution in [0.15, 0.2) is 46.9 Å². The van der Waals surface area contributed by atoms with Gasteiger partial charge in [-0.15, -0.1) is 0 Å². The third-order valence-electron chi connectivity index (χ3n) is 5.87. The average molecular weight is 425 g/mol. The number of aryl methyl sites for hydroxylation is 1. The molecule has 0 saturated carbocycles. The number of ether oxygens (including phenoxy) is 2. The van der Waals surface area contributed by atoms with Crippen LogP contribution < -0.4 is 0 Å². The maximum Gasteiger partial charge on any atom is 0.228 e. The van der Waals surface area contributed by atoms with Crippen LogP contribution in [0.4, 0.5) is 0 Å². The average Bonchev–Trinajstić information content (AvgIpc) is 3.19. The predicted molar refractivity (Wildman–Crippen MR) is 120 cm³/mol. The Morgan fingerprint density at radius 1 is 0.806 bits per heavy atom. The van der Waals surface area contributed by atoms with Crippen LogP contribution in [0, 0.1) is 0 Å². The Balaban J connectivity index is 1.32. The standard InChI is InChI=1S/C25H32N2O4/c1-17-18(23(29)25(31-3)24(30-2)22(17)28)13-9-7-5-4-6-8-10-16-21-26-19-14-11-12-15-20(19)27-21/h11-12,14-15H,4-10,13,16H2,1-3H3,(H,26,27). The van der Waals surface area contributed by atoms with Gasteiger partial charge in [-0.05, 0) is 38.3 Å². The third-order valence-corrected chi connectivity index (χ3v) is 5.87. The lowest BCUT2D eigenvalue weighted by atomic mass is 9.89. The van der Waals surface area contributed by atoms with Gasteiger partial charge >= 0.3 is 0 Å². The lowest BCUT2D eigenvalue weighted by molar-refractivity contribution is -0.121. The zero-order valence-electron chi connectivity index (χ0n) is 18.8. The summed E-state index contributed by atoms with van der Waals surface area (Å²) < 4.78 is 10.2. The Morgan fingerprint density at radius 3 is 2.03 bits per heavy atom. The van der Waals surface area contributed by atoms with Gasteiger partial charge in [-0.2, -0.15) is 0 Å². The highest BCUT2D eigenvalue weighted by molar-refractivity contribution is 6.23. The fourth-order valence-corrected chi connectivity index (χ4v) is 4.09. The van der Waals surface area contributed by atoms with Crippen molar-refractivity contribution < 1.29 is 19.1 Å². The van der Waals surface area contributed by atoms with Gasteiger partial charge in [0, 0.05) is 17.6 Å². The number of imidazole rings is 1. The first-order chi connectivity index (χ1) is 15.1. The number of methoxy groups -OCH3 is 2. The summed E-state index contributed by atoms with van der Waals surface area (Å²) in [7, 11) is 2.78. The molecule has 2 aromatic rings. The molecule has 0 atom stereocenters. The number of carbonyl (C=O) groups excluding carboxylic acids is 2. The Hall–Kier alpha value is -2.89. The topological polar surface area (TPSA) is 81.3 Å². The van der Waals surface area contributed by atoms with Crippen LogP contribution in [0.3, 0.4) is 0 Å². The molecule has 0 aliphatic heterocycles. The first-order valence-electron chi connectivity index (χ1n) is 11.1. The number of para-hydroxylation sites is 2. The van der Waals surface area contributed by atoms with E-state index in [1.165, 1.54) is 33.5 Å². The number of nitrogens with one attached hydrogen (secondary N) is 1. The summed E-state index contributed by atoms with van der Waals surface area (Å²) in [6.45, 7) is 1.70. The maximum atomic E-state index is 12.6. The van der Waals surface area contributed by atoms with E-state index in [-0.39, 0.29) is 23.1 Å². The molecule has 1 N–H and O–H groups in total. The molecule has 1 aliphatic rings. The Kier molecular flexibility index (Phi) is 8.04. The number of rotatable bonds is 12. The molecule has 6 nitrogen and oxygen atoms in total. The van der Waals surface area contributed by atoms with Crippen molar-refractivity contribution in [1.82, 2.24) is 9.97 Å². The molecule has 0 radical (unpaired) electrons. The van der Waals surface area contributed by atoms with E-state index >= 15 is 0 Å². The van der Waals surface area contributed by atoms with Crippen LogP contribution in [0.25, 0.3) is 11.0 Å². The molecule has 1 aromatic heterocycles. The van der Waals surface area contributed by atoms with E-state index in [1.54, 1.807) is 6.92 Å². The highest BCUT2D eigenvalue weighted by atomic mass is 16.5. The predicted octanol–water partition coefficient (Wildman–Crippen LogP) is 5.20. The van der Waals surface area contributed by atoms with Crippen molar-refractivity contribution in [3.05, 3.63) is 52.8 Å². The van der Waals surface area contributed by atoms with Crippen molar-refractivity contribution in [2.75, 3.05) is 14.2 Å². The summed E-state index contributed by atoms with van der Waals surface area (Å²) in [5.41, 5.74) is 3.18. The lowest BCUT2D eigenvalue weighted by Gasteiger charge is -2.20. The third kappa shape index (κ3) is 5.43. The van der Waals surface area contributed by atoms with Crippen LogP contribution in [0.5, 0.6) is 0 Å². The number of unbranched alkanes of at least 4 members (excludes halogenated alkanes) is 6. The molecular weight excluding hydrogens is 392 g/mol. The number of benzene rings is 1. The molecule has 0 amide bonds. The van der Waals surface area contributed by atoms with Crippen molar-refractivity contribution in [3.63, 3.8) is 0 Å². The number of aromatic amines is 1. The normalized spacial score (nSPS) is 14.7. The van der Waals surface area contributed by atoms with Crippen LogP contribution >= 0.6 is 0 Å². The first-order valence-corrected chi connectivity index (χ1v) is 11.1. The van der Waals surface area contributed by atoms with Crippen molar-refractivity contribution in [2.24, 2.45) is 0 Å². The number of hydrogen-bond donors (Lipinski definition) is 1. The zero-order valence-corrected chi connectivity index (χ0v) is 18.8. The molecule has 6 heteroatoms. The van der Waals surface area contributed by atoms with E-state index in [0.29, 0.717) is 17.6 Å². The number of aromatic nitrogens is 2. The van der Waals surface area contributed by atoms with E-state index in [0.717, 1.165) is 49.0 Å². The molecule has 0 fully saturated rings. The molecule has 31 heavy (non-hydrogen) atoms. The smallest absolute Gasteiger partial charge is 0.228 e. The summed E-state index contributed by atoms with van der Waals surface area (Å²) in [6, 6.07) is 8.13. The summed E-state index contributed by atoms with van der Waals surface area (Å²) >= 11 is 0. The number of H-pyrrole nitrogens is 1. The lowest BCUT2D eigenvalue weighted by Crippen LogP contribution is -2.25. The van der Waals surface area contributed by atoms with Gasteiger partial charge in [-0.25, -0.2) is 4.98 Å². The van der Waals surface area contributed by atoms with Gasteiger partial charge in [0.25, 0.3) is 0 Å². The van der Waals surface area contributed by atoms with Crippen molar-refractivity contribution >= 4 is 22.6 Å². The monoisotopic (exact) mass is 424 g/mol. The number of fused-ring (bicyclic) bond motifs is 1. The molecule has 3 rings (SSSR count). The van der Waals surface area contributed by atoms with Gasteiger partial charge in [0.15, 0.2) is 0 Å². The zero-order chi connectivity index (χ0) is 22.2. The minimum absolute atomic E-state index is 0.0106. The van der Waals surface area contributed by atoms with Crippen LogP contribution in [0.1, 0.15) is 64.1 Å². The number of allylic oxidation sites excluding steroid dienone is 2. The molecule has 0 saturated heterocycles. The van der Waals surface area contributed by atoms with Crippen LogP contribution in [-0.4, -0.2) is 35.8 Å². The second-order valence-electron chi connectivity index (χ2n) is 8.00. The van der Waals surface area contributed by atoms with Crippen molar-refractivity contribution in [1.29, 1.82) is 0 Å². The van der Waals surface area contributed by atoms with E-state index in [2.05, 4.69) is 16.0 Å². The SMILES string of the molecule is COC1=C(OC)C(=O)C(CCCCCCCCCc2nc3ccccc3[nH]2)=C(C)C1=O. The molecule has 1 aromatic carbocycles. The van der Waals surface area contributed by atoms with Crippen LogP contribution in [-0.2, 0) is 25.5 Å². The van der Waals surface area contributed by atoms with Gasteiger partial charge in [-0.1, -0.05) is 44.2 Å². The molecule has 1 aliphatic carbocycles. The van der Waals surface area contributed by atoms with Crippen LogP contribution in [0.2, 0.25) is 0 Å². The summed E-state index contributed by atoms with van der Waals surface area (Å²) in [5.74, 6) is 0.632. The van der Waals surface area contributed by atoms with Gasteiger partial charge in [0.05, 0.1) is 25.3 Å². The van der Waals surface area contributed by atoms with Gasteiger partial charge in [-0.3, -0.25) is 9.59 Å². The van der Waals surface area contributed by atoms with E-state index < -0.39 is 0 Å². The fraction of sp³-hybridized carbons (Fsp3) is 0.480. The molecule has 0 unspecified atom stereocenters. The molecule has 1 heterocycles. The van der Waals surface area contributed by atoms with Gasteiger partial charge in [0.1, 0.15) is 5.82 Å². The summed E-state index contributed by atoms with van der Waals surface area (Å²) in [5, 5.41) is 0. The highest BCUT2D eigenvalue weighted by Gasteiger charge is 2.34. The Morgan fingerprint density at radius 2 is 1.39 bits per heavy atom. The number of ketones is 2. The van der Waals surface area contributed by atoms with E-state index in [4.69, 9.17) is 9.47 Å².